The van der Waals surface area contributed by atoms with Crippen molar-refractivity contribution in [2.75, 3.05) is 48.2 Å². The largest absolute Gasteiger partial charge is 0.421 e. The second kappa shape index (κ2) is 9.47. The van der Waals surface area contributed by atoms with Crippen LogP contribution in [0.4, 0.5) is 36.3 Å². The topological polar surface area (TPSA) is 62.8 Å². The molecule has 2 saturated heterocycles. The number of nitrogens with zero attached hydrogens (tertiary/aromatic N) is 4. The molecule has 3 heterocycles. The lowest BCUT2D eigenvalue weighted by molar-refractivity contribution is -0.138. The first kappa shape index (κ1) is 22.4. The van der Waals surface area contributed by atoms with Crippen LogP contribution >= 0.6 is 0 Å². The summed E-state index contributed by atoms with van der Waals surface area (Å²) in [6.07, 6.45) is -3.27. The number of alkyl halides is 3. The monoisotopic (exact) mass is 471 g/mol. The fourth-order valence-corrected chi connectivity index (χ4v) is 4.16. The molecule has 0 unspecified atom stereocenters. The maximum Gasteiger partial charge on any atom is 0.421 e. The Hall–Kier alpha value is -3.37. The number of benzene rings is 2. The standard InChI is InChI=1S/C24H24F3N5O2/c25-24(26,27)20-16-28-23(29-18-6-8-19(9-7-18)31-11-14-33-15-12-31)30-22(20)32-21(10-13-34-32)17-4-2-1-3-5-17/h1-9,16,21H,10-15H2,(H,28,29,30)/t21-/m0/s1. The molecule has 1 aromatic heterocycles. The Morgan fingerprint density at radius 3 is 2.38 bits per heavy atom. The molecule has 7 nitrogen and oxygen atoms in total. The summed E-state index contributed by atoms with van der Waals surface area (Å²) in [6, 6.07) is 16.5. The summed E-state index contributed by atoms with van der Waals surface area (Å²) in [5.74, 6) is -0.245. The number of hydrogen-bond donors (Lipinski definition) is 1. The number of morpholine rings is 1. The van der Waals surface area contributed by atoms with Crippen molar-refractivity contribution in [3.05, 3.63) is 71.9 Å². The van der Waals surface area contributed by atoms with Gasteiger partial charge in [-0.05, 0) is 29.8 Å². The van der Waals surface area contributed by atoms with E-state index in [-0.39, 0.29) is 17.8 Å². The summed E-state index contributed by atoms with van der Waals surface area (Å²) < 4.78 is 46.8. The van der Waals surface area contributed by atoms with Crippen molar-refractivity contribution in [3.8, 4) is 0 Å². The van der Waals surface area contributed by atoms with Gasteiger partial charge >= 0.3 is 6.18 Å². The van der Waals surface area contributed by atoms with Crippen LogP contribution in [0.3, 0.4) is 0 Å². The van der Waals surface area contributed by atoms with E-state index < -0.39 is 11.7 Å². The van der Waals surface area contributed by atoms with Crippen LogP contribution in [0.25, 0.3) is 0 Å². The minimum atomic E-state index is -4.62. The highest BCUT2D eigenvalue weighted by atomic mass is 19.4. The quantitative estimate of drug-likeness (QED) is 0.564. The number of rotatable bonds is 5. The summed E-state index contributed by atoms with van der Waals surface area (Å²) in [5.41, 5.74) is 1.65. The van der Waals surface area contributed by atoms with E-state index in [2.05, 4.69) is 20.2 Å². The van der Waals surface area contributed by atoms with Gasteiger partial charge in [0.15, 0.2) is 5.82 Å². The molecule has 10 heteroatoms. The van der Waals surface area contributed by atoms with Crippen molar-refractivity contribution in [2.45, 2.75) is 18.6 Å². The molecule has 0 spiro atoms. The van der Waals surface area contributed by atoms with Gasteiger partial charge < -0.3 is 15.0 Å². The number of anilines is 4. The molecule has 0 bridgehead atoms. The maximum atomic E-state index is 13.8. The molecule has 0 aliphatic carbocycles. The number of nitrogens with one attached hydrogen (secondary N) is 1. The van der Waals surface area contributed by atoms with Crippen molar-refractivity contribution < 1.29 is 22.7 Å². The number of hydroxylamine groups is 1. The highest BCUT2D eigenvalue weighted by Crippen LogP contribution is 2.41. The summed E-state index contributed by atoms with van der Waals surface area (Å²) >= 11 is 0. The number of hydrogen-bond acceptors (Lipinski definition) is 7. The third kappa shape index (κ3) is 4.78. The third-order valence-electron chi connectivity index (χ3n) is 5.87. The van der Waals surface area contributed by atoms with Crippen LogP contribution < -0.4 is 15.3 Å². The predicted molar refractivity (Wildman–Crippen MR) is 122 cm³/mol. The van der Waals surface area contributed by atoms with Gasteiger partial charge in [-0.3, -0.25) is 4.84 Å². The average Bonchev–Trinajstić information content (AvgIpc) is 3.35. The maximum absolute atomic E-state index is 13.8. The van der Waals surface area contributed by atoms with E-state index in [1.807, 2.05) is 54.6 Å². The molecule has 0 amide bonds. The highest BCUT2D eigenvalue weighted by molar-refractivity contribution is 5.61. The van der Waals surface area contributed by atoms with Crippen molar-refractivity contribution in [2.24, 2.45) is 0 Å². The molecule has 1 atom stereocenters. The van der Waals surface area contributed by atoms with Crippen molar-refractivity contribution in [3.63, 3.8) is 0 Å². The SMILES string of the molecule is FC(F)(F)c1cnc(Nc2ccc(N3CCOCC3)cc2)nc1N1OCC[C@H]1c1ccccc1. The molecule has 1 N–H and O–H groups in total. The summed E-state index contributed by atoms with van der Waals surface area (Å²) in [7, 11) is 0. The van der Waals surface area contributed by atoms with E-state index in [1.165, 1.54) is 5.06 Å². The molecular weight excluding hydrogens is 447 g/mol. The molecule has 2 fully saturated rings. The number of aromatic nitrogens is 2. The summed E-state index contributed by atoms with van der Waals surface area (Å²) in [5, 5.41) is 4.27. The highest BCUT2D eigenvalue weighted by Gasteiger charge is 2.40. The van der Waals surface area contributed by atoms with Crippen LogP contribution in [-0.2, 0) is 15.8 Å². The zero-order valence-electron chi connectivity index (χ0n) is 18.3. The van der Waals surface area contributed by atoms with Crippen molar-refractivity contribution in [1.82, 2.24) is 9.97 Å². The normalized spacial score (nSPS) is 18.9. The molecule has 0 radical (unpaired) electrons. The van der Waals surface area contributed by atoms with Crippen molar-refractivity contribution in [1.29, 1.82) is 0 Å². The molecule has 34 heavy (non-hydrogen) atoms. The van der Waals surface area contributed by atoms with Gasteiger partial charge in [-0.15, -0.1) is 0 Å². The van der Waals surface area contributed by atoms with Gasteiger partial charge in [0, 0.05) is 37.1 Å². The minimum absolute atomic E-state index is 0.0597. The smallest absolute Gasteiger partial charge is 0.378 e. The minimum Gasteiger partial charge on any atom is -0.378 e. The molecule has 178 valence electrons. The lowest BCUT2D eigenvalue weighted by Crippen LogP contribution is -2.36. The Kier molecular flexibility index (Phi) is 6.25. The molecule has 0 saturated carbocycles. The molecule has 5 rings (SSSR count). The predicted octanol–water partition coefficient (Wildman–Crippen LogP) is 4.96. The van der Waals surface area contributed by atoms with E-state index in [4.69, 9.17) is 9.57 Å². The van der Waals surface area contributed by atoms with E-state index in [1.54, 1.807) is 0 Å². The van der Waals surface area contributed by atoms with Crippen LogP contribution in [0.2, 0.25) is 0 Å². The zero-order valence-corrected chi connectivity index (χ0v) is 18.3. The fourth-order valence-electron chi connectivity index (χ4n) is 4.16. The van der Waals surface area contributed by atoms with Crippen LogP contribution in [0, 0.1) is 0 Å². The molecule has 3 aromatic rings. The molecule has 2 aliphatic heterocycles. The second-order valence-electron chi connectivity index (χ2n) is 8.07. The Morgan fingerprint density at radius 1 is 0.941 bits per heavy atom. The molecule has 2 aliphatic rings. The summed E-state index contributed by atoms with van der Waals surface area (Å²) in [4.78, 5) is 16.0. The van der Waals surface area contributed by atoms with Crippen LogP contribution in [-0.4, -0.2) is 42.9 Å². The number of ether oxygens (including phenoxy) is 1. The zero-order chi connectivity index (χ0) is 23.5. The van der Waals surface area contributed by atoms with Crippen LogP contribution in [0.5, 0.6) is 0 Å². The molecule has 2 aromatic carbocycles. The number of halogens is 3. The van der Waals surface area contributed by atoms with Crippen LogP contribution in [0.15, 0.2) is 60.8 Å². The third-order valence-corrected chi connectivity index (χ3v) is 5.87. The van der Waals surface area contributed by atoms with Gasteiger partial charge in [-0.1, -0.05) is 30.3 Å². The first-order chi connectivity index (χ1) is 16.5. The van der Waals surface area contributed by atoms with E-state index >= 15 is 0 Å². The van der Waals surface area contributed by atoms with Gasteiger partial charge in [0.05, 0.1) is 25.9 Å². The second-order valence-corrected chi connectivity index (χ2v) is 8.07. The Balaban J connectivity index is 1.41. The Bertz CT molecular complexity index is 1110. The van der Waals surface area contributed by atoms with E-state index in [0.717, 1.165) is 30.5 Å². The van der Waals surface area contributed by atoms with E-state index in [9.17, 15) is 13.2 Å². The lowest BCUT2D eigenvalue weighted by atomic mass is 10.0. The van der Waals surface area contributed by atoms with E-state index in [0.29, 0.717) is 31.9 Å². The summed E-state index contributed by atoms with van der Waals surface area (Å²) in [6.45, 7) is 3.30. The molecular formula is C24H24F3N5O2. The van der Waals surface area contributed by atoms with Gasteiger partial charge in [-0.25, -0.2) is 10.0 Å². The van der Waals surface area contributed by atoms with Crippen LogP contribution in [0.1, 0.15) is 23.6 Å². The fraction of sp³-hybridized carbons (Fsp3) is 0.333. The van der Waals surface area contributed by atoms with Crippen molar-refractivity contribution >= 4 is 23.1 Å². The van der Waals surface area contributed by atoms with Gasteiger partial charge in [-0.2, -0.15) is 18.2 Å². The Morgan fingerprint density at radius 2 is 1.68 bits per heavy atom. The van der Waals surface area contributed by atoms with Gasteiger partial charge in [0.1, 0.15) is 5.56 Å². The van der Waals surface area contributed by atoms with Gasteiger partial charge in [0.2, 0.25) is 5.95 Å². The lowest BCUT2D eigenvalue weighted by Gasteiger charge is -2.29. The Labute approximate surface area is 195 Å². The average molecular weight is 471 g/mol. The first-order valence-corrected chi connectivity index (χ1v) is 11.1. The van der Waals surface area contributed by atoms with Gasteiger partial charge in [0.25, 0.3) is 0 Å². The first-order valence-electron chi connectivity index (χ1n) is 11.1.